The topological polar surface area (TPSA) is 70.7 Å². The molecule has 1 unspecified atom stereocenters. The van der Waals surface area contributed by atoms with Crippen LogP contribution < -0.4 is 15.4 Å². The molecule has 1 aromatic heterocycles. The van der Waals surface area contributed by atoms with E-state index in [0.29, 0.717) is 13.2 Å². The third-order valence-corrected chi connectivity index (χ3v) is 5.70. The van der Waals surface area contributed by atoms with Crippen LogP contribution in [0.2, 0.25) is 0 Å². The van der Waals surface area contributed by atoms with Gasteiger partial charge in [-0.1, -0.05) is 30.3 Å². The molecule has 1 aliphatic rings. The van der Waals surface area contributed by atoms with Crippen molar-refractivity contribution >= 4 is 16.9 Å². The second kappa shape index (κ2) is 10.4. The van der Waals surface area contributed by atoms with Crippen LogP contribution in [0.5, 0.6) is 5.75 Å². The molecule has 0 radical (unpaired) electrons. The number of fused-ring (bicyclic) bond motifs is 1. The lowest BCUT2D eigenvalue weighted by Crippen LogP contribution is -2.38. The molecule has 6 nitrogen and oxygen atoms in total. The van der Waals surface area contributed by atoms with E-state index in [2.05, 4.69) is 76.2 Å². The van der Waals surface area contributed by atoms with Gasteiger partial charge in [0.25, 0.3) is 0 Å². The average molecular weight is 421 g/mol. The highest BCUT2D eigenvalue weighted by Crippen LogP contribution is 2.22. The van der Waals surface area contributed by atoms with E-state index in [1.54, 1.807) is 7.05 Å². The van der Waals surface area contributed by atoms with Gasteiger partial charge in [-0.05, 0) is 49.4 Å². The number of guanidine groups is 1. The number of rotatable bonds is 8. The van der Waals surface area contributed by atoms with Crippen LogP contribution in [0.25, 0.3) is 10.9 Å². The smallest absolute Gasteiger partial charge is 0.191 e. The van der Waals surface area contributed by atoms with Crippen LogP contribution in [-0.4, -0.2) is 43.9 Å². The highest BCUT2D eigenvalue weighted by Gasteiger charge is 2.17. The van der Waals surface area contributed by atoms with E-state index in [9.17, 15) is 0 Å². The average Bonchev–Trinajstić information content (AvgIpc) is 3.46. The van der Waals surface area contributed by atoms with Crippen LogP contribution in [0.4, 0.5) is 0 Å². The SMILES string of the molecule is CN=C(NCCc1c[nH]c2ccccc12)NCc1ccc(C)cc1OCC1CCCO1. The van der Waals surface area contributed by atoms with Crippen molar-refractivity contribution in [1.82, 2.24) is 15.6 Å². The second-order valence-corrected chi connectivity index (χ2v) is 8.02. The molecule has 2 aromatic carbocycles. The maximum absolute atomic E-state index is 6.11. The second-order valence-electron chi connectivity index (χ2n) is 8.02. The van der Waals surface area contributed by atoms with E-state index in [4.69, 9.17) is 9.47 Å². The van der Waals surface area contributed by atoms with Crippen molar-refractivity contribution in [2.24, 2.45) is 4.99 Å². The van der Waals surface area contributed by atoms with Gasteiger partial charge in [0.05, 0.1) is 6.10 Å². The molecule has 4 rings (SSSR count). The summed E-state index contributed by atoms with van der Waals surface area (Å²) in [5, 5.41) is 8.10. The van der Waals surface area contributed by atoms with Gasteiger partial charge in [0.2, 0.25) is 0 Å². The van der Waals surface area contributed by atoms with Gasteiger partial charge in [-0.15, -0.1) is 0 Å². The van der Waals surface area contributed by atoms with E-state index >= 15 is 0 Å². The fourth-order valence-electron chi connectivity index (χ4n) is 3.95. The number of aromatic amines is 1. The van der Waals surface area contributed by atoms with Gasteiger partial charge in [0.15, 0.2) is 5.96 Å². The fraction of sp³-hybridized carbons (Fsp3) is 0.400. The molecule has 2 heterocycles. The maximum Gasteiger partial charge on any atom is 0.191 e. The lowest BCUT2D eigenvalue weighted by molar-refractivity contribution is 0.0676. The minimum Gasteiger partial charge on any atom is -0.491 e. The first-order chi connectivity index (χ1) is 15.2. The van der Waals surface area contributed by atoms with Crippen LogP contribution in [0.15, 0.2) is 53.7 Å². The summed E-state index contributed by atoms with van der Waals surface area (Å²) in [7, 11) is 1.80. The minimum atomic E-state index is 0.209. The Labute approximate surface area is 184 Å². The van der Waals surface area contributed by atoms with Crippen molar-refractivity contribution in [2.75, 3.05) is 26.8 Å². The summed E-state index contributed by atoms with van der Waals surface area (Å²) in [5.74, 6) is 1.70. The highest BCUT2D eigenvalue weighted by atomic mass is 16.5. The number of nitrogens with zero attached hydrogens (tertiary/aromatic N) is 1. The summed E-state index contributed by atoms with van der Waals surface area (Å²) in [6, 6.07) is 14.7. The fourth-order valence-corrected chi connectivity index (χ4v) is 3.95. The van der Waals surface area contributed by atoms with Gasteiger partial charge in [-0.2, -0.15) is 0 Å². The zero-order valence-corrected chi connectivity index (χ0v) is 18.4. The van der Waals surface area contributed by atoms with Gasteiger partial charge in [-0.3, -0.25) is 4.99 Å². The molecule has 0 bridgehead atoms. The van der Waals surface area contributed by atoms with E-state index in [-0.39, 0.29) is 6.10 Å². The zero-order valence-electron chi connectivity index (χ0n) is 18.4. The lowest BCUT2D eigenvalue weighted by Gasteiger charge is -2.17. The van der Waals surface area contributed by atoms with Crippen LogP contribution in [0, 0.1) is 6.92 Å². The van der Waals surface area contributed by atoms with Gasteiger partial charge in [0, 0.05) is 49.4 Å². The number of H-pyrrole nitrogens is 1. The quantitative estimate of drug-likeness (QED) is 0.381. The van der Waals surface area contributed by atoms with E-state index in [1.165, 1.54) is 22.0 Å². The third kappa shape index (κ3) is 5.58. The molecule has 1 aliphatic heterocycles. The van der Waals surface area contributed by atoms with Crippen LogP contribution in [0.3, 0.4) is 0 Å². The van der Waals surface area contributed by atoms with Crippen molar-refractivity contribution in [3.8, 4) is 5.75 Å². The number of nitrogens with one attached hydrogen (secondary N) is 3. The molecule has 31 heavy (non-hydrogen) atoms. The molecule has 0 saturated carbocycles. The minimum absolute atomic E-state index is 0.209. The number of aromatic nitrogens is 1. The Balaban J connectivity index is 1.30. The predicted octanol–water partition coefficient (Wildman–Crippen LogP) is 3.94. The number of benzene rings is 2. The van der Waals surface area contributed by atoms with E-state index < -0.39 is 0 Å². The molecule has 0 spiro atoms. The first kappa shape index (κ1) is 21.2. The van der Waals surface area contributed by atoms with E-state index in [1.807, 2.05) is 0 Å². The summed E-state index contributed by atoms with van der Waals surface area (Å²) < 4.78 is 11.8. The van der Waals surface area contributed by atoms with E-state index in [0.717, 1.165) is 49.7 Å². The largest absolute Gasteiger partial charge is 0.491 e. The Hall–Kier alpha value is -2.99. The first-order valence-corrected chi connectivity index (χ1v) is 11.1. The Kier molecular flexibility index (Phi) is 7.10. The molecular formula is C25H32N4O2. The summed E-state index contributed by atoms with van der Waals surface area (Å²) in [6.07, 6.45) is 5.42. The van der Waals surface area contributed by atoms with Crippen LogP contribution in [-0.2, 0) is 17.7 Å². The summed E-state index contributed by atoms with van der Waals surface area (Å²) >= 11 is 0. The Morgan fingerprint density at radius 1 is 1.19 bits per heavy atom. The highest BCUT2D eigenvalue weighted by molar-refractivity contribution is 5.83. The molecule has 6 heteroatoms. The van der Waals surface area contributed by atoms with Crippen molar-refractivity contribution in [3.63, 3.8) is 0 Å². The first-order valence-electron chi connectivity index (χ1n) is 11.1. The molecule has 3 aromatic rings. The summed E-state index contributed by atoms with van der Waals surface area (Å²) in [4.78, 5) is 7.70. The van der Waals surface area contributed by atoms with Crippen molar-refractivity contribution < 1.29 is 9.47 Å². The number of aryl methyl sites for hydroxylation is 1. The number of hydrogen-bond acceptors (Lipinski definition) is 3. The molecule has 0 amide bonds. The molecule has 3 N–H and O–H groups in total. The van der Waals surface area contributed by atoms with Crippen molar-refractivity contribution in [3.05, 3.63) is 65.4 Å². The molecule has 1 saturated heterocycles. The number of para-hydroxylation sites is 1. The Bertz CT molecular complexity index is 1020. The third-order valence-electron chi connectivity index (χ3n) is 5.70. The van der Waals surface area contributed by atoms with Crippen molar-refractivity contribution in [1.29, 1.82) is 0 Å². The number of aliphatic imine (C=N–C) groups is 1. The molecule has 164 valence electrons. The summed E-state index contributed by atoms with van der Waals surface area (Å²) in [6.45, 7) is 4.98. The number of hydrogen-bond donors (Lipinski definition) is 3. The summed E-state index contributed by atoms with van der Waals surface area (Å²) in [5.41, 5.74) is 4.78. The Morgan fingerprint density at radius 2 is 2.10 bits per heavy atom. The predicted molar refractivity (Wildman–Crippen MR) is 126 cm³/mol. The number of ether oxygens (including phenoxy) is 2. The maximum atomic E-state index is 6.11. The molecule has 0 aliphatic carbocycles. The van der Waals surface area contributed by atoms with Crippen LogP contribution >= 0.6 is 0 Å². The molecule has 1 atom stereocenters. The Morgan fingerprint density at radius 3 is 2.94 bits per heavy atom. The van der Waals surface area contributed by atoms with Gasteiger partial charge < -0.3 is 25.1 Å². The zero-order chi connectivity index (χ0) is 21.5. The molecular weight excluding hydrogens is 388 g/mol. The lowest BCUT2D eigenvalue weighted by atomic mass is 10.1. The van der Waals surface area contributed by atoms with Crippen LogP contribution in [0.1, 0.15) is 29.5 Å². The van der Waals surface area contributed by atoms with Crippen molar-refractivity contribution in [2.45, 2.75) is 38.8 Å². The normalized spacial score (nSPS) is 16.6. The standard InChI is InChI=1S/C25H32N4O2/c1-18-9-10-20(24(14-18)31-17-21-6-5-13-30-21)16-29-25(26-2)27-12-11-19-15-28-23-8-4-3-7-22(19)23/h3-4,7-10,14-15,21,28H,5-6,11-13,16-17H2,1-2H3,(H2,26,27,29). The van der Waals surface area contributed by atoms with Gasteiger partial charge in [0.1, 0.15) is 12.4 Å². The van der Waals surface area contributed by atoms with Gasteiger partial charge in [-0.25, -0.2) is 0 Å². The molecule has 1 fully saturated rings. The van der Waals surface area contributed by atoms with Gasteiger partial charge >= 0.3 is 0 Å². The monoisotopic (exact) mass is 420 g/mol.